The molecule has 0 radical (unpaired) electrons. The van der Waals surface area contributed by atoms with Gasteiger partial charge in [-0.05, 0) is 37.6 Å². The van der Waals surface area contributed by atoms with Gasteiger partial charge in [0.2, 0.25) is 5.91 Å². The molecule has 20 heavy (non-hydrogen) atoms. The predicted octanol–water partition coefficient (Wildman–Crippen LogP) is 2.21. The van der Waals surface area contributed by atoms with Gasteiger partial charge in [0, 0.05) is 19.0 Å². The van der Waals surface area contributed by atoms with Crippen LogP contribution in [0.3, 0.4) is 0 Å². The fourth-order valence-electron chi connectivity index (χ4n) is 2.90. The fourth-order valence-corrected chi connectivity index (χ4v) is 2.90. The van der Waals surface area contributed by atoms with Crippen LogP contribution < -0.4 is 10.1 Å². The highest BCUT2D eigenvalue weighted by Crippen LogP contribution is 2.34. The molecule has 0 spiro atoms. The Morgan fingerprint density at radius 1 is 1.55 bits per heavy atom. The van der Waals surface area contributed by atoms with Crippen LogP contribution in [0, 0.1) is 5.92 Å². The monoisotopic (exact) mass is 276 g/mol. The van der Waals surface area contributed by atoms with Crippen molar-refractivity contribution in [2.45, 2.75) is 25.8 Å². The second-order valence-electron chi connectivity index (χ2n) is 5.42. The molecule has 1 aromatic rings. The van der Waals surface area contributed by atoms with Gasteiger partial charge in [0.05, 0.1) is 13.2 Å². The molecule has 1 aliphatic heterocycles. The van der Waals surface area contributed by atoms with Crippen molar-refractivity contribution >= 4 is 5.91 Å². The minimum atomic E-state index is 0.0196. The number of methoxy groups -OCH3 is 1. The van der Waals surface area contributed by atoms with E-state index in [9.17, 15) is 4.79 Å². The first-order valence-electron chi connectivity index (χ1n) is 7.26. The number of hydrogen-bond acceptors (Lipinski definition) is 3. The minimum Gasteiger partial charge on any atom is -0.497 e. The lowest BCUT2D eigenvalue weighted by atomic mass is 10.0. The fraction of sp³-hybridized carbons (Fsp3) is 0.562. The van der Waals surface area contributed by atoms with Crippen molar-refractivity contribution in [3.63, 3.8) is 0 Å². The first kappa shape index (κ1) is 14.9. The average molecular weight is 276 g/mol. The molecule has 2 atom stereocenters. The standard InChI is InChI=1S/C16H24N2O2/c1-12(11-17-2)16(19)18-9-5-8-15(18)13-6-4-7-14(10-13)20-3/h4,6-7,10,12,15,17H,5,8-9,11H2,1-3H3. The summed E-state index contributed by atoms with van der Waals surface area (Å²) in [6.07, 6.45) is 2.10. The van der Waals surface area contributed by atoms with Crippen LogP contribution in [0.1, 0.15) is 31.4 Å². The summed E-state index contributed by atoms with van der Waals surface area (Å²) in [7, 11) is 3.55. The lowest BCUT2D eigenvalue weighted by Gasteiger charge is -2.28. The molecule has 0 bridgehead atoms. The summed E-state index contributed by atoms with van der Waals surface area (Å²) in [5.41, 5.74) is 1.17. The van der Waals surface area contributed by atoms with Gasteiger partial charge in [0.1, 0.15) is 5.75 Å². The van der Waals surface area contributed by atoms with Gasteiger partial charge in [-0.25, -0.2) is 0 Å². The third-order valence-electron chi connectivity index (χ3n) is 3.95. The minimum absolute atomic E-state index is 0.0196. The highest BCUT2D eigenvalue weighted by Gasteiger charge is 2.32. The van der Waals surface area contributed by atoms with E-state index >= 15 is 0 Å². The lowest BCUT2D eigenvalue weighted by molar-refractivity contribution is -0.135. The summed E-state index contributed by atoms with van der Waals surface area (Å²) in [6, 6.07) is 8.25. The second-order valence-corrected chi connectivity index (χ2v) is 5.42. The van der Waals surface area contributed by atoms with E-state index < -0.39 is 0 Å². The molecule has 1 aliphatic rings. The molecule has 110 valence electrons. The van der Waals surface area contributed by atoms with Crippen LogP contribution in [0.15, 0.2) is 24.3 Å². The van der Waals surface area contributed by atoms with E-state index in [1.165, 1.54) is 5.56 Å². The number of carbonyl (C=O) groups excluding carboxylic acids is 1. The maximum absolute atomic E-state index is 12.5. The Bertz CT molecular complexity index is 462. The van der Waals surface area contributed by atoms with Crippen LogP contribution in [0.4, 0.5) is 0 Å². The van der Waals surface area contributed by atoms with E-state index in [1.807, 2.05) is 37.1 Å². The molecule has 1 amide bonds. The number of carbonyl (C=O) groups is 1. The third-order valence-corrected chi connectivity index (χ3v) is 3.95. The first-order valence-corrected chi connectivity index (χ1v) is 7.26. The Morgan fingerprint density at radius 2 is 2.35 bits per heavy atom. The van der Waals surface area contributed by atoms with E-state index in [0.29, 0.717) is 0 Å². The maximum atomic E-state index is 12.5. The van der Waals surface area contributed by atoms with Crippen LogP contribution in [-0.4, -0.2) is 38.1 Å². The molecule has 0 saturated carbocycles. The highest BCUT2D eigenvalue weighted by atomic mass is 16.5. The van der Waals surface area contributed by atoms with Crippen molar-refractivity contribution in [1.82, 2.24) is 10.2 Å². The summed E-state index contributed by atoms with van der Waals surface area (Å²) in [4.78, 5) is 14.6. The molecular weight excluding hydrogens is 252 g/mol. The van der Waals surface area contributed by atoms with E-state index in [4.69, 9.17) is 4.74 Å². The van der Waals surface area contributed by atoms with E-state index in [1.54, 1.807) is 7.11 Å². The molecule has 2 rings (SSSR count). The zero-order valence-corrected chi connectivity index (χ0v) is 12.6. The van der Waals surface area contributed by atoms with Crippen LogP contribution >= 0.6 is 0 Å². The van der Waals surface area contributed by atoms with Gasteiger partial charge in [-0.15, -0.1) is 0 Å². The molecule has 0 aromatic heterocycles. The molecule has 1 heterocycles. The van der Waals surface area contributed by atoms with E-state index in [0.717, 1.165) is 31.7 Å². The normalized spacial score (nSPS) is 19.9. The van der Waals surface area contributed by atoms with Crippen molar-refractivity contribution in [2.75, 3.05) is 27.2 Å². The largest absolute Gasteiger partial charge is 0.497 e. The average Bonchev–Trinajstić information content (AvgIpc) is 2.96. The van der Waals surface area contributed by atoms with Crippen LogP contribution in [0.25, 0.3) is 0 Å². The summed E-state index contributed by atoms with van der Waals surface area (Å²) < 4.78 is 5.28. The highest BCUT2D eigenvalue weighted by molar-refractivity contribution is 5.79. The number of hydrogen-bond donors (Lipinski definition) is 1. The smallest absolute Gasteiger partial charge is 0.227 e. The van der Waals surface area contributed by atoms with Crippen LogP contribution in [0.2, 0.25) is 0 Å². The molecule has 2 unspecified atom stereocenters. The Hall–Kier alpha value is -1.55. The topological polar surface area (TPSA) is 41.6 Å². The molecule has 1 N–H and O–H groups in total. The number of likely N-dealkylation sites (tertiary alicyclic amines) is 1. The van der Waals surface area contributed by atoms with Gasteiger partial charge in [-0.2, -0.15) is 0 Å². The third kappa shape index (κ3) is 3.12. The van der Waals surface area contributed by atoms with Crippen molar-refractivity contribution < 1.29 is 9.53 Å². The molecule has 4 nitrogen and oxygen atoms in total. The number of benzene rings is 1. The number of amides is 1. The van der Waals surface area contributed by atoms with Gasteiger partial charge in [-0.3, -0.25) is 4.79 Å². The lowest BCUT2D eigenvalue weighted by Crippen LogP contribution is -2.38. The summed E-state index contributed by atoms with van der Waals surface area (Å²) in [5, 5.41) is 3.08. The Kier molecular flexibility index (Phi) is 5.01. The Morgan fingerprint density at radius 3 is 3.05 bits per heavy atom. The van der Waals surface area contributed by atoms with E-state index in [-0.39, 0.29) is 17.9 Å². The van der Waals surface area contributed by atoms with Crippen molar-refractivity contribution in [3.8, 4) is 5.75 Å². The second kappa shape index (κ2) is 6.75. The SMILES string of the molecule is CNCC(C)C(=O)N1CCCC1c1cccc(OC)c1. The Balaban J connectivity index is 2.16. The van der Waals surface area contributed by atoms with Gasteiger partial charge in [0.15, 0.2) is 0 Å². The molecule has 1 aromatic carbocycles. The molecule has 4 heteroatoms. The zero-order chi connectivity index (χ0) is 14.5. The van der Waals surface area contributed by atoms with Crippen molar-refractivity contribution in [2.24, 2.45) is 5.92 Å². The molecular formula is C16H24N2O2. The number of nitrogens with zero attached hydrogens (tertiary/aromatic N) is 1. The van der Waals surface area contributed by atoms with Crippen LogP contribution in [-0.2, 0) is 4.79 Å². The van der Waals surface area contributed by atoms with Crippen molar-refractivity contribution in [1.29, 1.82) is 0 Å². The maximum Gasteiger partial charge on any atom is 0.227 e. The molecule has 0 aliphatic carbocycles. The van der Waals surface area contributed by atoms with Gasteiger partial charge in [-0.1, -0.05) is 19.1 Å². The summed E-state index contributed by atoms with van der Waals surface area (Å²) in [5.74, 6) is 1.11. The van der Waals surface area contributed by atoms with E-state index in [2.05, 4.69) is 11.4 Å². The number of ether oxygens (including phenoxy) is 1. The van der Waals surface area contributed by atoms with Crippen molar-refractivity contribution in [3.05, 3.63) is 29.8 Å². The zero-order valence-electron chi connectivity index (χ0n) is 12.6. The Labute approximate surface area is 121 Å². The van der Waals surface area contributed by atoms with Gasteiger partial charge < -0.3 is 15.0 Å². The van der Waals surface area contributed by atoms with Crippen LogP contribution in [0.5, 0.6) is 5.75 Å². The predicted molar refractivity (Wildman–Crippen MR) is 79.8 cm³/mol. The number of nitrogens with one attached hydrogen (secondary N) is 1. The molecule has 1 fully saturated rings. The van der Waals surface area contributed by atoms with Gasteiger partial charge >= 0.3 is 0 Å². The summed E-state index contributed by atoms with van der Waals surface area (Å²) in [6.45, 7) is 3.56. The number of rotatable bonds is 5. The van der Waals surface area contributed by atoms with Gasteiger partial charge in [0.25, 0.3) is 0 Å². The summed E-state index contributed by atoms with van der Waals surface area (Å²) >= 11 is 0. The first-order chi connectivity index (χ1) is 9.67. The quantitative estimate of drug-likeness (QED) is 0.896. The molecule has 1 saturated heterocycles.